The molecule has 0 aromatic heterocycles. The highest BCUT2D eigenvalue weighted by atomic mass is 127. The van der Waals surface area contributed by atoms with E-state index in [-0.39, 0.29) is 39.6 Å². The molecule has 0 saturated carbocycles. The summed E-state index contributed by atoms with van der Waals surface area (Å²) in [6, 6.07) is 8.04. The third-order valence-electron chi connectivity index (χ3n) is 3.32. The normalized spacial score (nSPS) is 12.9. The molecule has 0 aliphatic heterocycles. The number of ether oxygens (including phenoxy) is 1. The average Bonchev–Trinajstić information content (AvgIpc) is 2.46. The van der Waals surface area contributed by atoms with E-state index in [9.17, 15) is 14.7 Å². The van der Waals surface area contributed by atoms with Crippen LogP contribution in [0.25, 0.3) is 0 Å². The Morgan fingerprint density at radius 1 is 1.00 bits per heavy atom. The quantitative estimate of drug-likeness (QED) is 0.660. The largest absolute Gasteiger partial charge is 0.506 e. The molecular formula is C15H9IO4. The lowest BCUT2D eigenvalue weighted by molar-refractivity contribution is 0.0974. The van der Waals surface area contributed by atoms with Crippen LogP contribution >= 0.6 is 22.6 Å². The fourth-order valence-corrected chi connectivity index (χ4v) is 2.83. The predicted molar refractivity (Wildman–Crippen MR) is 80.7 cm³/mol. The summed E-state index contributed by atoms with van der Waals surface area (Å²) < 4.78 is 5.70. The summed E-state index contributed by atoms with van der Waals surface area (Å²) in [6.07, 6.45) is 0. The third kappa shape index (κ3) is 1.66. The Morgan fingerprint density at radius 2 is 1.65 bits per heavy atom. The first-order valence-electron chi connectivity index (χ1n) is 5.84. The zero-order chi connectivity index (χ0) is 14.4. The van der Waals surface area contributed by atoms with E-state index in [2.05, 4.69) is 0 Å². The second kappa shape index (κ2) is 4.59. The van der Waals surface area contributed by atoms with Gasteiger partial charge in [-0.1, -0.05) is 12.1 Å². The lowest BCUT2D eigenvalue weighted by Gasteiger charge is -2.20. The molecule has 0 saturated heterocycles. The van der Waals surface area contributed by atoms with Crippen molar-refractivity contribution in [2.24, 2.45) is 0 Å². The van der Waals surface area contributed by atoms with Crippen LogP contribution in [0.1, 0.15) is 31.8 Å². The van der Waals surface area contributed by atoms with Crippen molar-refractivity contribution in [3.63, 3.8) is 0 Å². The van der Waals surface area contributed by atoms with Crippen LogP contribution in [-0.4, -0.2) is 23.8 Å². The lowest BCUT2D eigenvalue weighted by Crippen LogP contribution is -2.22. The molecule has 0 spiro atoms. The van der Waals surface area contributed by atoms with E-state index in [1.807, 2.05) is 22.6 Å². The Morgan fingerprint density at radius 3 is 2.35 bits per heavy atom. The van der Waals surface area contributed by atoms with Gasteiger partial charge in [-0.2, -0.15) is 0 Å². The van der Waals surface area contributed by atoms with Gasteiger partial charge in [-0.05, 0) is 40.8 Å². The molecule has 1 aliphatic rings. The number of ketones is 2. The summed E-state index contributed by atoms with van der Waals surface area (Å²) in [6.45, 7) is 0. The number of methoxy groups -OCH3 is 1. The number of benzene rings is 2. The van der Waals surface area contributed by atoms with E-state index < -0.39 is 0 Å². The molecular weight excluding hydrogens is 371 g/mol. The van der Waals surface area contributed by atoms with Crippen molar-refractivity contribution in [1.82, 2.24) is 0 Å². The van der Waals surface area contributed by atoms with Gasteiger partial charge in [0, 0.05) is 11.1 Å². The maximum Gasteiger partial charge on any atom is 0.198 e. The number of hydrogen-bond acceptors (Lipinski definition) is 4. The van der Waals surface area contributed by atoms with E-state index in [4.69, 9.17) is 4.74 Å². The number of fused-ring (bicyclic) bond motifs is 2. The smallest absolute Gasteiger partial charge is 0.198 e. The summed E-state index contributed by atoms with van der Waals surface area (Å²) in [5.74, 6) is -0.442. The summed E-state index contributed by atoms with van der Waals surface area (Å²) in [5, 5.41) is 10.1. The number of phenolic OH excluding ortho intramolecular Hbond substituents is 1. The van der Waals surface area contributed by atoms with E-state index in [0.717, 1.165) is 0 Å². The van der Waals surface area contributed by atoms with Gasteiger partial charge in [-0.25, -0.2) is 0 Å². The third-order valence-corrected chi connectivity index (χ3v) is 4.19. The van der Waals surface area contributed by atoms with E-state index in [0.29, 0.717) is 9.32 Å². The molecule has 100 valence electrons. The first-order valence-corrected chi connectivity index (χ1v) is 6.92. The van der Waals surface area contributed by atoms with Crippen LogP contribution in [0.2, 0.25) is 0 Å². The topological polar surface area (TPSA) is 63.6 Å². The molecule has 0 fully saturated rings. The Bertz CT molecular complexity index is 765. The average molecular weight is 380 g/mol. The number of halogens is 1. The van der Waals surface area contributed by atoms with Crippen molar-refractivity contribution in [2.75, 3.05) is 7.11 Å². The molecule has 1 N–H and O–H groups in total. The van der Waals surface area contributed by atoms with Crippen molar-refractivity contribution < 1.29 is 19.4 Å². The Hall–Kier alpha value is -1.89. The fraction of sp³-hybridized carbons (Fsp3) is 0.0667. The molecule has 0 atom stereocenters. The van der Waals surface area contributed by atoms with Crippen LogP contribution in [0.4, 0.5) is 0 Å². The van der Waals surface area contributed by atoms with Gasteiger partial charge in [-0.15, -0.1) is 0 Å². The number of rotatable bonds is 1. The van der Waals surface area contributed by atoms with E-state index >= 15 is 0 Å². The first-order chi connectivity index (χ1) is 9.56. The summed E-state index contributed by atoms with van der Waals surface area (Å²) >= 11 is 1.92. The highest BCUT2D eigenvalue weighted by molar-refractivity contribution is 14.1. The van der Waals surface area contributed by atoms with Gasteiger partial charge in [0.05, 0.1) is 21.8 Å². The maximum atomic E-state index is 12.6. The first kappa shape index (κ1) is 13.1. The van der Waals surface area contributed by atoms with Gasteiger partial charge < -0.3 is 9.84 Å². The monoisotopic (exact) mass is 380 g/mol. The van der Waals surface area contributed by atoms with Crippen molar-refractivity contribution in [1.29, 1.82) is 0 Å². The fourth-order valence-electron chi connectivity index (χ4n) is 2.38. The number of carbonyl (C=O) groups excluding carboxylic acids is 2. The van der Waals surface area contributed by atoms with Crippen LogP contribution < -0.4 is 4.74 Å². The van der Waals surface area contributed by atoms with Gasteiger partial charge in [-0.3, -0.25) is 9.59 Å². The highest BCUT2D eigenvalue weighted by Crippen LogP contribution is 2.38. The molecule has 2 aromatic carbocycles. The van der Waals surface area contributed by atoms with Gasteiger partial charge in [0.15, 0.2) is 11.6 Å². The number of aromatic hydroxyl groups is 1. The SMILES string of the molecule is COc1cccc2c1C(=O)c1ccc(I)c(O)c1C2=O. The van der Waals surface area contributed by atoms with Gasteiger partial charge >= 0.3 is 0 Å². The summed E-state index contributed by atoms with van der Waals surface area (Å²) in [5.41, 5.74) is 0.805. The van der Waals surface area contributed by atoms with Crippen LogP contribution in [0, 0.1) is 3.57 Å². The second-order valence-electron chi connectivity index (χ2n) is 4.36. The minimum Gasteiger partial charge on any atom is -0.506 e. The minimum atomic E-state index is -0.357. The Labute approximate surface area is 128 Å². The molecule has 0 radical (unpaired) electrons. The molecule has 0 unspecified atom stereocenters. The van der Waals surface area contributed by atoms with Crippen molar-refractivity contribution in [3.05, 3.63) is 56.2 Å². The molecule has 0 amide bonds. The zero-order valence-corrected chi connectivity index (χ0v) is 12.6. The standard InChI is InChI=1S/C15H9IO4/c1-20-10-4-2-3-7-11(10)13(17)8-5-6-9(16)15(19)12(8)14(7)18/h2-6,19H,1H3. The predicted octanol–water partition coefficient (Wildman–Crippen LogP) is 2.78. The highest BCUT2D eigenvalue weighted by Gasteiger charge is 2.34. The number of phenols is 1. The van der Waals surface area contributed by atoms with Gasteiger partial charge in [0.2, 0.25) is 0 Å². The molecule has 1 aliphatic carbocycles. The van der Waals surface area contributed by atoms with Crippen LogP contribution in [0.5, 0.6) is 11.5 Å². The van der Waals surface area contributed by atoms with Crippen molar-refractivity contribution in [2.45, 2.75) is 0 Å². The van der Waals surface area contributed by atoms with Crippen molar-refractivity contribution in [3.8, 4) is 11.5 Å². The van der Waals surface area contributed by atoms with Crippen LogP contribution in [0.15, 0.2) is 30.3 Å². The molecule has 3 rings (SSSR count). The second-order valence-corrected chi connectivity index (χ2v) is 5.52. The molecule has 20 heavy (non-hydrogen) atoms. The number of hydrogen-bond donors (Lipinski definition) is 1. The van der Waals surface area contributed by atoms with Gasteiger partial charge in [0.25, 0.3) is 0 Å². The van der Waals surface area contributed by atoms with Gasteiger partial charge in [0.1, 0.15) is 11.5 Å². The number of carbonyl (C=O) groups is 2. The van der Waals surface area contributed by atoms with E-state index in [1.54, 1.807) is 30.3 Å². The molecule has 2 aromatic rings. The summed E-state index contributed by atoms with van der Waals surface area (Å²) in [7, 11) is 1.45. The molecule has 0 bridgehead atoms. The van der Waals surface area contributed by atoms with E-state index in [1.165, 1.54) is 7.11 Å². The Kier molecular flexibility index (Phi) is 3.01. The molecule has 4 nitrogen and oxygen atoms in total. The zero-order valence-electron chi connectivity index (χ0n) is 10.4. The Balaban J connectivity index is 2.37. The maximum absolute atomic E-state index is 12.6. The molecule has 5 heteroatoms. The lowest BCUT2D eigenvalue weighted by atomic mass is 9.83. The minimum absolute atomic E-state index is 0.0719. The molecule has 0 heterocycles. The van der Waals surface area contributed by atoms with Crippen molar-refractivity contribution >= 4 is 34.2 Å². The van der Waals surface area contributed by atoms with Crippen LogP contribution in [-0.2, 0) is 0 Å². The summed E-state index contributed by atoms with van der Waals surface area (Å²) in [4.78, 5) is 25.1. The van der Waals surface area contributed by atoms with Crippen LogP contribution in [0.3, 0.4) is 0 Å².